The highest BCUT2D eigenvalue weighted by molar-refractivity contribution is 5.82. The standard InChI is InChI=1S/C32H30N2O5/c1-20-10-13-30-24(14-20)18-25(32(36)39-30)17-23(31(35)34-37)12-11-22-6-5-7-27(16-22)38-19-26-15-21(2)33-29-9-4-3-8-28(26)29/h3-10,13-16,18,23,37H,11-12,17,19H2,1-2H3,(H,34,35). The molecule has 7 nitrogen and oxygen atoms in total. The van der Waals surface area contributed by atoms with E-state index >= 15 is 0 Å². The van der Waals surface area contributed by atoms with Gasteiger partial charge in [0.05, 0.1) is 5.52 Å². The first-order valence-electron chi connectivity index (χ1n) is 12.9. The monoisotopic (exact) mass is 522 g/mol. The molecular formula is C32H30N2O5. The van der Waals surface area contributed by atoms with Crippen molar-refractivity contribution in [2.75, 3.05) is 0 Å². The summed E-state index contributed by atoms with van der Waals surface area (Å²) in [5.41, 5.74) is 7.15. The summed E-state index contributed by atoms with van der Waals surface area (Å²) in [5.74, 6) is -0.429. The van der Waals surface area contributed by atoms with Crippen molar-refractivity contribution >= 4 is 27.8 Å². The predicted molar refractivity (Wildman–Crippen MR) is 150 cm³/mol. The van der Waals surface area contributed by atoms with Gasteiger partial charge in [-0.2, -0.15) is 0 Å². The van der Waals surface area contributed by atoms with E-state index in [0.717, 1.165) is 44.4 Å². The Balaban J connectivity index is 1.29. The number of nitrogens with one attached hydrogen (secondary N) is 1. The predicted octanol–water partition coefficient (Wildman–Crippen LogP) is 5.83. The lowest BCUT2D eigenvalue weighted by molar-refractivity contribution is -0.133. The maximum Gasteiger partial charge on any atom is 0.339 e. The van der Waals surface area contributed by atoms with Crippen molar-refractivity contribution in [2.24, 2.45) is 5.92 Å². The third-order valence-electron chi connectivity index (χ3n) is 6.91. The zero-order chi connectivity index (χ0) is 27.4. The summed E-state index contributed by atoms with van der Waals surface area (Å²) in [6.45, 7) is 4.34. The van der Waals surface area contributed by atoms with Gasteiger partial charge in [-0.3, -0.25) is 15.0 Å². The first-order chi connectivity index (χ1) is 18.9. The van der Waals surface area contributed by atoms with Crippen LogP contribution in [0.5, 0.6) is 5.75 Å². The smallest absolute Gasteiger partial charge is 0.339 e. The number of hydrogen-bond donors (Lipinski definition) is 2. The Morgan fingerprint density at radius 3 is 2.69 bits per heavy atom. The Labute approximate surface area is 226 Å². The molecule has 1 unspecified atom stereocenters. The highest BCUT2D eigenvalue weighted by atomic mass is 16.5. The number of para-hydroxylation sites is 1. The number of amides is 1. The minimum Gasteiger partial charge on any atom is -0.489 e. The number of hydrogen-bond acceptors (Lipinski definition) is 6. The molecule has 0 saturated heterocycles. The molecule has 1 atom stereocenters. The van der Waals surface area contributed by atoms with Gasteiger partial charge in [-0.1, -0.05) is 42.0 Å². The van der Waals surface area contributed by atoms with E-state index < -0.39 is 17.5 Å². The van der Waals surface area contributed by atoms with Crippen LogP contribution in [0.2, 0.25) is 0 Å². The first kappa shape index (κ1) is 26.1. The van der Waals surface area contributed by atoms with Crippen LogP contribution >= 0.6 is 0 Å². The number of aromatic nitrogens is 1. The molecule has 0 radical (unpaired) electrons. The highest BCUT2D eigenvalue weighted by Crippen LogP contribution is 2.23. The molecule has 0 fully saturated rings. The fourth-order valence-electron chi connectivity index (χ4n) is 4.92. The van der Waals surface area contributed by atoms with Gasteiger partial charge in [-0.05, 0) is 81.1 Å². The molecule has 2 heterocycles. The van der Waals surface area contributed by atoms with E-state index in [4.69, 9.17) is 9.15 Å². The van der Waals surface area contributed by atoms with Crippen LogP contribution in [0.25, 0.3) is 21.9 Å². The summed E-state index contributed by atoms with van der Waals surface area (Å²) in [4.78, 5) is 29.7. The zero-order valence-corrected chi connectivity index (χ0v) is 21.9. The lowest BCUT2D eigenvalue weighted by Crippen LogP contribution is -2.31. The molecular weight excluding hydrogens is 492 g/mol. The average molecular weight is 523 g/mol. The lowest BCUT2D eigenvalue weighted by atomic mass is 9.92. The Morgan fingerprint density at radius 2 is 1.85 bits per heavy atom. The summed E-state index contributed by atoms with van der Waals surface area (Å²) < 4.78 is 11.6. The second-order valence-corrected chi connectivity index (χ2v) is 9.89. The van der Waals surface area contributed by atoms with Gasteiger partial charge in [0.15, 0.2) is 0 Å². The number of rotatable bonds is 9. The number of pyridine rings is 1. The van der Waals surface area contributed by atoms with Crippen molar-refractivity contribution < 1.29 is 19.2 Å². The van der Waals surface area contributed by atoms with Crippen molar-refractivity contribution in [1.82, 2.24) is 10.5 Å². The Kier molecular flexibility index (Phi) is 7.70. The van der Waals surface area contributed by atoms with Gasteiger partial charge < -0.3 is 9.15 Å². The maximum atomic E-state index is 12.6. The molecule has 5 aromatic rings. The zero-order valence-electron chi connectivity index (χ0n) is 21.9. The van der Waals surface area contributed by atoms with Crippen LogP contribution < -0.4 is 15.8 Å². The van der Waals surface area contributed by atoms with Gasteiger partial charge in [0.1, 0.15) is 17.9 Å². The molecule has 0 aliphatic heterocycles. The van der Waals surface area contributed by atoms with E-state index in [0.29, 0.717) is 30.6 Å². The van der Waals surface area contributed by atoms with Gasteiger partial charge in [0.25, 0.3) is 0 Å². The molecule has 2 N–H and O–H groups in total. The number of benzene rings is 3. The molecule has 3 aromatic carbocycles. The quantitative estimate of drug-likeness (QED) is 0.143. The topological polar surface area (TPSA) is 102 Å². The molecule has 0 bridgehead atoms. The number of ether oxygens (including phenoxy) is 1. The van der Waals surface area contributed by atoms with Crippen LogP contribution in [0, 0.1) is 19.8 Å². The number of carbonyl (C=O) groups excluding carboxylic acids is 1. The van der Waals surface area contributed by atoms with Gasteiger partial charge in [-0.25, -0.2) is 10.3 Å². The van der Waals surface area contributed by atoms with Gasteiger partial charge in [-0.15, -0.1) is 0 Å². The molecule has 7 heteroatoms. The van der Waals surface area contributed by atoms with Gasteiger partial charge >= 0.3 is 5.63 Å². The molecule has 5 rings (SSSR count). The van der Waals surface area contributed by atoms with Crippen molar-refractivity contribution in [3.05, 3.63) is 117 Å². The first-order valence-corrected chi connectivity index (χ1v) is 12.9. The fraction of sp³-hybridized carbons (Fsp3) is 0.219. The summed E-state index contributed by atoms with van der Waals surface area (Å²) in [5, 5.41) is 11.2. The molecule has 1 amide bonds. The van der Waals surface area contributed by atoms with Crippen LogP contribution in [-0.2, 0) is 24.2 Å². The van der Waals surface area contributed by atoms with E-state index in [-0.39, 0.29) is 6.42 Å². The van der Waals surface area contributed by atoms with Crippen LogP contribution in [0.15, 0.2) is 88.1 Å². The average Bonchev–Trinajstić information content (AvgIpc) is 2.94. The van der Waals surface area contributed by atoms with Crippen LogP contribution in [0.4, 0.5) is 0 Å². The summed E-state index contributed by atoms with van der Waals surface area (Å²) in [6, 6.07) is 25.1. The van der Waals surface area contributed by atoms with Crippen molar-refractivity contribution in [1.29, 1.82) is 0 Å². The van der Waals surface area contributed by atoms with Crippen LogP contribution in [-0.4, -0.2) is 16.1 Å². The molecule has 0 saturated carbocycles. The Hall–Kier alpha value is -4.49. The normalized spacial score (nSPS) is 12.0. The van der Waals surface area contributed by atoms with Crippen molar-refractivity contribution in [2.45, 2.75) is 39.7 Å². The summed E-state index contributed by atoms with van der Waals surface area (Å²) in [7, 11) is 0. The molecule has 198 valence electrons. The lowest BCUT2D eigenvalue weighted by Gasteiger charge is -2.15. The fourth-order valence-corrected chi connectivity index (χ4v) is 4.92. The van der Waals surface area contributed by atoms with Gasteiger partial charge in [0.2, 0.25) is 5.91 Å². The molecule has 2 aromatic heterocycles. The number of hydroxylamine groups is 1. The molecule has 39 heavy (non-hydrogen) atoms. The van der Waals surface area contributed by atoms with Crippen LogP contribution in [0.3, 0.4) is 0 Å². The highest BCUT2D eigenvalue weighted by Gasteiger charge is 2.21. The summed E-state index contributed by atoms with van der Waals surface area (Å²) >= 11 is 0. The number of carbonyl (C=O) groups is 1. The maximum absolute atomic E-state index is 12.6. The SMILES string of the molecule is Cc1ccc2oc(=O)c(CC(CCc3cccc(OCc4cc(C)nc5ccccc45)c3)C(=O)NO)cc2c1. The molecule has 0 aliphatic carbocycles. The second-order valence-electron chi connectivity index (χ2n) is 9.89. The largest absolute Gasteiger partial charge is 0.489 e. The molecule has 0 spiro atoms. The minimum atomic E-state index is -0.615. The Morgan fingerprint density at radius 1 is 1.00 bits per heavy atom. The minimum absolute atomic E-state index is 0.156. The third-order valence-corrected chi connectivity index (χ3v) is 6.91. The van der Waals surface area contributed by atoms with Crippen LogP contribution in [0.1, 0.15) is 34.4 Å². The molecule has 0 aliphatic rings. The summed E-state index contributed by atoms with van der Waals surface area (Å²) in [6.07, 6.45) is 1.14. The number of aryl methyl sites for hydroxylation is 3. The third kappa shape index (κ3) is 6.16. The number of fused-ring (bicyclic) bond motifs is 2. The Bertz CT molecular complexity index is 1710. The van der Waals surface area contributed by atoms with Crippen molar-refractivity contribution in [3.8, 4) is 5.75 Å². The van der Waals surface area contributed by atoms with E-state index in [1.165, 1.54) is 0 Å². The van der Waals surface area contributed by atoms with Gasteiger partial charge in [0, 0.05) is 33.5 Å². The van der Waals surface area contributed by atoms with E-state index in [1.54, 1.807) is 17.6 Å². The number of nitrogens with zero attached hydrogens (tertiary/aromatic N) is 1. The van der Waals surface area contributed by atoms with E-state index in [9.17, 15) is 14.8 Å². The van der Waals surface area contributed by atoms with E-state index in [1.807, 2.05) is 80.6 Å². The van der Waals surface area contributed by atoms with E-state index in [2.05, 4.69) is 4.98 Å². The second kappa shape index (κ2) is 11.5. The van der Waals surface area contributed by atoms with Crippen molar-refractivity contribution in [3.63, 3.8) is 0 Å².